The number of likely N-dealkylation sites (tertiary alicyclic amines) is 1. The molecule has 0 radical (unpaired) electrons. The number of hydrogen-bond acceptors (Lipinski definition) is 5. The standard InChI is InChI=1S/C23H28N4O4S/c1-31-19-9-6-11-26(15-19)23(28)20-13-18(25-32(2,29)30)14-21-22(20)27(16-24-21)12-10-17-7-4-3-5-8-17/h3-5,7-8,13-14,16,19,25H,6,9-12,15H2,1-2H3/t19-/m0/s1. The molecule has 1 fully saturated rings. The number of hydrogen-bond donors (Lipinski definition) is 1. The summed E-state index contributed by atoms with van der Waals surface area (Å²) in [5, 5.41) is 0. The number of carbonyl (C=O) groups excluding carboxylic acids is 1. The molecule has 8 nitrogen and oxygen atoms in total. The van der Waals surface area contributed by atoms with Gasteiger partial charge in [0, 0.05) is 26.7 Å². The molecule has 0 unspecified atom stereocenters. The van der Waals surface area contributed by atoms with Gasteiger partial charge in [-0.1, -0.05) is 30.3 Å². The summed E-state index contributed by atoms with van der Waals surface area (Å²) in [5.74, 6) is -0.143. The van der Waals surface area contributed by atoms with Crippen molar-refractivity contribution in [2.24, 2.45) is 0 Å². The largest absolute Gasteiger partial charge is 0.380 e. The zero-order valence-corrected chi connectivity index (χ0v) is 19.1. The third-order valence-corrected chi connectivity index (χ3v) is 6.34. The number of ether oxygens (including phenoxy) is 1. The third kappa shape index (κ3) is 5.11. The summed E-state index contributed by atoms with van der Waals surface area (Å²) in [7, 11) is -1.84. The average Bonchev–Trinajstić information content (AvgIpc) is 3.19. The van der Waals surface area contributed by atoms with Gasteiger partial charge in [-0.2, -0.15) is 0 Å². The molecule has 32 heavy (non-hydrogen) atoms. The van der Waals surface area contributed by atoms with Crippen molar-refractivity contribution in [3.8, 4) is 0 Å². The van der Waals surface area contributed by atoms with Crippen LogP contribution in [0.5, 0.6) is 0 Å². The molecule has 9 heteroatoms. The SMILES string of the molecule is CO[C@H]1CCCN(C(=O)c2cc(NS(C)(=O)=O)cc3ncn(CCc4ccccc4)c23)C1. The predicted molar refractivity (Wildman–Crippen MR) is 124 cm³/mol. The van der Waals surface area contributed by atoms with E-state index in [0.29, 0.717) is 41.9 Å². The van der Waals surface area contributed by atoms with Crippen molar-refractivity contribution in [3.05, 3.63) is 59.9 Å². The minimum atomic E-state index is -3.49. The van der Waals surface area contributed by atoms with Gasteiger partial charge >= 0.3 is 0 Å². The Morgan fingerprint density at radius 3 is 2.75 bits per heavy atom. The molecule has 2 heterocycles. The second-order valence-corrected chi connectivity index (χ2v) is 9.94. The molecule has 1 saturated heterocycles. The molecule has 1 atom stereocenters. The van der Waals surface area contributed by atoms with Crippen LogP contribution in [0, 0.1) is 0 Å². The Balaban J connectivity index is 1.72. The first-order valence-corrected chi connectivity index (χ1v) is 12.6. The summed E-state index contributed by atoms with van der Waals surface area (Å²) in [6.07, 6.45) is 5.37. The zero-order chi connectivity index (χ0) is 22.7. The Labute approximate surface area is 188 Å². The van der Waals surface area contributed by atoms with Crippen LogP contribution < -0.4 is 4.72 Å². The van der Waals surface area contributed by atoms with Crippen molar-refractivity contribution in [2.75, 3.05) is 31.2 Å². The van der Waals surface area contributed by atoms with Gasteiger partial charge in [0.15, 0.2) is 0 Å². The van der Waals surface area contributed by atoms with Crippen molar-refractivity contribution >= 4 is 32.7 Å². The fourth-order valence-corrected chi connectivity index (χ4v) is 4.74. The number of aryl methyl sites for hydroxylation is 2. The van der Waals surface area contributed by atoms with Gasteiger partial charge in [-0.15, -0.1) is 0 Å². The van der Waals surface area contributed by atoms with Crippen LogP contribution in [-0.2, 0) is 27.7 Å². The van der Waals surface area contributed by atoms with Gasteiger partial charge < -0.3 is 14.2 Å². The Morgan fingerprint density at radius 1 is 1.25 bits per heavy atom. The summed E-state index contributed by atoms with van der Waals surface area (Å²) >= 11 is 0. The maximum absolute atomic E-state index is 13.6. The van der Waals surface area contributed by atoms with Crippen molar-refractivity contribution in [1.82, 2.24) is 14.5 Å². The van der Waals surface area contributed by atoms with E-state index >= 15 is 0 Å². The van der Waals surface area contributed by atoms with E-state index in [1.54, 1.807) is 30.5 Å². The number of amides is 1. The number of piperidine rings is 1. The highest BCUT2D eigenvalue weighted by Crippen LogP contribution is 2.27. The van der Waals surface area contributed by atoms with E-state index in [9.17, 15) is 13.2 Å². The van der Waals surface area contributed by atoms with E-state index in [-0.39, 0.29) is 12.0 Å². The molecule has 2 aromatic carbocycles. The van der Waals surface area contributed by atoms with E-state index < -0.39 is 10.0 Å². The molecule has 1 aliphatic heterocycles. The molecule has 0 saturated carbocycles. The van der Waals surface area contributed by atoms with E-state index in [4.69, 9.17) is 4.74 Å². The summed E-state index contributed by atoms with van der Waals surface area (Å²) in [5.41, 5.74) is 3.25. The molecule has 4 rings (SSSR count). The van der Waals surface area contributed by atoms with Gasteiger partial charge in [0.2, 0.25) is 10.0 Å². The van der Waals surface area contributed by atoms with Crippen LogP contribution >= 0.6 is 0 Å². The number of carbonyl (C=O) groups is 1. The van der Waals surface area contributed by atoms with E-state index in [0.717, 1.165) is 25.5 Å². The highest BCUT2D eigenvalue weighted by Gasteiger charge is 2.27. The number of imidazole rings is 1. The minimum Gasteiger partial charge on any atom is -0.380 e. The number of aromatic nitrogens is 2. The number of rotatable bonds is 7. The smallest absolute Gasteiger partial charge is 0.256 e. The van der Waals surface area contributed by atoms with Crippen LogP contribution in [0.25, 0.3) is 11.0 Å². The molecule has 0 spiro atoms. The maximum atomic E-state index is 13.6. The van der Waals surface area contributed by atoms with Gasteiger partial charge in [-0.05, 0) is 37.0 Å². The van der Waals surface area contributed by atoms with Crippen LogP contribution in [0.15, 0.2) is 48.8 Å². The molecule has 0 bridgehead atoms. The van der Waals surface area contributed by atoms with Gasteiger partial charge in [-0.25, -0.2) is 13.4 Å². The highest BCUT2D eigenvalue weighted by molar-refractivity contribution is 7.92. The number of nitrogens with zero attached hydrogens (tertiary/aromatic N) is 3. The van der Waals surface area contributed by atoms with Crippen molar-refractivity contribution in [3.63, 3.8) is 0 Å². The number of nitrogens with one attached hydrogen (secondary N) is 1. The highest BCUT2D eigenvalue weighted by atomic mass is 32.2. The topological polar surface area (TPSA) is 93.5 Å². The van der Waals surface area contributed by atoms with Crippen LogP contribution in [0.1, 0.15) is 28.8 Å². The minimum absolute atomic E-state index is 0.00325. The van der Waals surface area contributed by atoms with E-state index in [1.165, 1.54) is 5.56 Å². The van der Waals surface area contributed by atoms with Crippen LogP contribution in [0.4, 0.5) is 5.69 Å². The molecule has 3 aromatic rings. The summed E-state index contributed by atoms with van der Waals surface area (Å²) in [6.45, 7) is 1.81. The Hall–Kier alpha value is -2.91. The van der Waals surface area contributed by atoms with Crippen LogP contribution in [0.2, 0.25) is 0 Å². The van der Waals surface area contributed by atoms with Crippen LogP contribution in [-0.4, -0.2) is 61.3 Å². The number of sulfonamides is 1. The first-order valence-electron chi connectivity index (χ1n) is 10.7. The lowest BCUT2D eigenvalue weighted by molar-refractivity contribution is 0.0270. The molecule has 1 aromatic heterocycles. The number of methoxy groups -OCH3 is 1. The second-order valence-electron chi connectivity index (χ2n) is 8.19. The zero-order valence-electron chi connectivity index (χ0n) is 18.3. The van der Waals surface area contributed by atoms with Crippen molar-refractivity contribution in [2.45, 2.75) is 31.9 Å². The first-order chi connectivity index (χ1) is 15.3. The Morgan fingerprint density at radius 2 is 2.03 bits per heavy atom. The second kappa shape index (κ2) is 9.30. The first kappa shape index (κ1) is 22.3. The Kier molecular flexibility index (Phi) is 6.48. The lowest BCUT2D eigenvalue weighted by Gasteiger charge is -2.32. The van der Waals surface area contributed by atoms with E-state index in [2.05, 4.69) is 21.8 Å². The predicted octanol–water partition coefficient (Wildman–Crippen LogP) is 2.90. The van der Waals surface area contributed by atoms with Gasteiger partial charge in [0.05, 0.1) is 41.0 Å². The molecule has 1 N–H and O–H groups in total. The fourth-order valence-electron chi connectivity index (χ4n) is 4.19. The van der Waals surface area contributed by atoms with Gasteiger partial charge in [-0.3, -0.25) is 9.52 Å². The molecule has 0 aliphatic carbocycles. The summed E-state index contributed by atoms with van der Waals surface area (Å²) in [6, 6.07) is 13.4. The van der Waals surface area contributed by atoms with Crippen LogP contribution in [0.3, 0.4) is 0 Å². The van der Waals surface area contributed by atoms with E-state index in [1.807, 2.05) is 22.8 Å². The lowest BCUT2D eigenvalue weighted by atomic mass is 10.1. The summed E-state index contributed by atoms with van der Waals surface area (Å²) < 4.78 is 33.6. The van der Waals surface area contributed by atoms with Crippen molar-refractivity contribution < 1.29 is 17.9 Å². The fraction of sp³-hybridized carbons (Fsp3) is 0.391. The quantitative estimate of drug-likeness (QED) is 0.590. The number of anilines is 1. The van der Waals surface area contributed by atoms with Crippen molar-refractivity contribution in [1.29, 1.82) is 0 Å². The monoisotopic (exact) mass is 456 g/mol. The molecule has 170 valence electrons. The van der Waals surface area contributed by atoms with Gasteiger partial charge in [0.1, 0.15) is 0 Å². The summed E-state index contributed by atoms with van der Waals surface area (Å²) in [4.78, 5) is 19.8. The third-order valence-electron chi connectivity index (χ3n) is 5.73. The number of benzene rings is 2. The normalized spacial score (nSPS) is 16.9. The number of fused-ring (bicyclic) bond motifs is 1. The molecular formula is C23H28N4O4S. The molecule has 1 aliphatic rings. The Bertz CT molecular complexity index is 1210. The molecule has 1 amide bonds. The average molecular weight is 457 g/mol. The lowest BCUT2D eigenvalue weighted by Crippen LogP contribution is -2.43. The molecular weight excluding hydrogens is 428 g/mol. The maximum Gasteiger partial charge on any atom is 0.256 e. The van der Waals surface area contributed by atoms with Gasteiger partial charge in [0.25, 0.3) is 5.91 Å².